The normalized spacial score (nSPS) is 15.3. The molecule has 0 spiro atoms. The summed E-state index contributed by atoms with van der Waals surface area (Å²) in [5, 5.41) is 9.64. The largest absolute Gasteiger partial charge is 0.493 e. The molecule has 0 heterocycles. The quantitative estimate of drug-likeness (QED) is 0.824. The van der Waals surface area contributed by atoms with Gasteiger partial charge in [-0.2, -0.15) is 0 Å². The van der Waals surface area contributed by atoms with Crippen LogP contribution in [0.1, 0.15) is 55.8 Å². The first kappa shape index (κ1) is 17.4. The smallest absolute Gasteiger partial charge is 0.337 e. The molecule has 2 rings (SSSR count). The van der Waals surface area contributed by atoms with Crippen LogP contribution < -0.4 is 14.4 Å². The number of hydrogen-bond donors (Lipinski definition) is 1. The van der Waals surface area contributed by atoms with Gasteiger partial charge in [0.25, 0.3) is 0 Å². The van der Waals surface area contributed by atoms with Crippen LogP contribution in [-0.4, -0.2) is 37.9 Å². The fourth-order valence-electron chi connectivity index (χ4n) is 3.48. The zero-order chi connectivity index (χ0) is 16.8. The van der Waals surface area contributed by atoms with Crippen molar-refractivity contribution in [2.75, 3.05) is 25.7 Å². The van der Waals surface area contributed by atoms with E-state index in [0.717, 1.165) is 25.8 Å². The molecule has 1 saturated carbocycles. The summed E-state index contributed by atoms with van der Waals surface area (Å²) in [6, 6.07) is 3.64. The highest BCUT2D eigenvalue weighted by Crippen LogP contribution is 2.42. The highest BCUT2D eigenvalue weighted by atomic mass is 16.5. The lowest BCUT2D eigenvalue weighted by Gasteiger charge is -2.37. The Labute approximate surface area is 138 Å². The maximum Gasteiger partial charge on any atom is 0.337 e. The molecule has 0 atom stereocenters. The van der Waals surface area contributed by atoms with E-state index in [1.165, 1.54) is 19.3 Å². The Kier molecular flexibility index (Phi) is 6.13. The number of aromatic carboxylic acids is 1. The Balaban J connectivity index is 2.56. The summed E-state index contributed by atoms with van der Waals surface area (Å²) in [6.07, 6.45) is 6.80. The van der Waals surface area contributed by atoms with Gasteiger partial charge in [0.1, 0.15) is 0 Å². The van der Waals surface area contributed by atoms with Gasteiger partial charge in [-0.05, 0) is 31.4 Å². The minimum absolute atomic E-state index is 0.279. The lowest BCUT2D eigenvalue weighted by molar-refractivity contribution is 0.0697. The van der Waals surface area contributed by atoms with Gasteiger partial charge in [0.15, 0.2) is 11.5 Å². The Morgan fingerprint density at radius 2 is 1.91 bits per heavy atom. The Hall–Kier alpha value is -1.91. The van der Waals surface area contributed by atoms with Gasteiger partial charge in [-0.15, -0.1) is 0 Å². The first-order chi connectivity index (χ1) is 11.1. The molecule has 0 bridgehead atoms. The zero-order valence-corrected chi connectivity index (χ0v) is 14.3. The predicted molar refractivity (Wildman–Crippen MR) is 91.0 cm³/mol. The van der Waals surface area contributed by atoms with Crippen LogP contribution in [0.25, 0.3) is 0 Å². The van der Waals surface area contributed by atoms with Crippen molar-refractivity contribution in [2.24, 2.45) is 0 Å². The molecule has 0 aromatic heterocycles. The van der Waals surface area contributed by atoms with Gasteiger partial charge in [0, 0.05) is 12.6 Å². The maximum absolute atomic E-state index is 11.8. The van der Waals surface area contributed by atoms with Gasteiger partial charge in [-0.1, -0.05) is 26.2 Å². The molecule has 1 fully saturated rings. The fraction of sp³-hybridized carbons (Fsp3) is 0.611. The SMILES string of the molecule is CCCN(c1c(C(=O)O)ccc(OC)c1OC)C1CCCCC1. The molecule has 128 valence electrons. The summed E-state index contributed by atoms with van der Waals surface area (Å²) in [6.45, 7) is 2.93. The molecule has 0 unspecified atom stereocenters. The van der Waals surface area contributed by atoms with Gasteiger partial charge >= 0.3 is 5.97 Å². The molecule has 0 radical (unpaired) electrons. The number of rotatable bonds is 7. The Bertz CT molecular complexity index is 538. The van der Waals surface area contributed by atoms with Crippen molar-refractivity contribution in [1.29, 1.82) is 0 Å². The van der Waals surface area contributed by atoms with Crippen LogP contribution in [0, 0.1) is 0 Å². The van der Waals surface area contributed by atoms with Gasteiger partial charge in [0.05, 0.1) is 25.5 Å². The number of carbonyl (C=O) groups is 1. The molecule has 0 saturated heterocycles. The number of carboxylic acids is 1. The molecule has 5 heteroatoms. The lowest BCUT2D eigenvalue weighted by Crippen LogP contribution is -2.38. The van der Waals surface area contributed by atoms with Gasteiger partial charge < -0.3 is 19.5 Å². The third kappa shape index (κ3) is 3.71. The van der Waals surface area contributed by atoms with Crippen molar-refractivity contribution in [3.8, 4) is 11.5 Å². The number of hydrogen-bond acceptors (Lipinski definition) is 4. The predicted octanol–water partition coefficient (Wildman–Crippen LogP) is 3.95. The van der Waals surface area contributed by atoms with E-state index in [1.54, 1.807) is 26.4 Å². The van der Waals surface area contributed by atoms with E-state index in [9.17, 15) is 9.90 Å². The lowest BCUT2D eigenvalue weighted by atomic mass is 9.93. The third-order valence-electron chi connectivity index (χ3n) is 4.52. The standard InChI is InChI=1S/C18H27NO4/c1-4-12-19(13-8-6-5-7-9-13)16-14(18(20)21)10-11-15(22-2)17(16)23-3/h10-11,13H,4-9,12H2,1-3H3,(H,20,21). The molecular formula is C18H27NO4. The van der Waals surface area contributed by atoms with Crippen LogP contribution in [0.5, 0.6) is 11.5 Å². The molecule has 1 aliphatic rings. The second-order valence-electron chi connectivity index (χ2n) is 5.99. The van der Waals surface area contributed by atoms with Gasteiger partial charge in [-0.25, -0.2) is 4.79 Å². The van der Waals surface area contributed by atoms with Crippen molar-refractivity contribution in [2.45, 2.75) is 51.5 Å². The van der Waals surface area contributed by atoms with Crippen LogP contribution in [-0.2, 0) is 0 Å². The van der Waals surface area contributed by atoms with E-state index in [1.807, 2.05) is 0 Å². The number of anilines is 1. The van der Waals surface area contributed by atoms with E-state index in [4.69, 9.17) is 9.47 Å². The highest BCUT2D eigenvalue weighted by Gasteiger charge is 2.29. The molecule has 23 heavy (non-hydrogen) atoms. The third-order valence-corrected chi connectivity index (χ3v) is 4.52. The van der Waals surface area contributed by atoms with E-state index in [-0.39, 0.29) is 5.56 Å². The molecule has 1 aromatic rings. The second-order valence-corrected chi connectivity index (χ2v) is 5.99. The summed E-state index contributed by atoms with van der Waals surface area (Å²) < 4.78 is 10.9. The summed E-state index contributed by atoms with van der Waals surface area (Å²) >= 11 is 0. The molecule has 1 N–H and O–H groups in total. The van der Waals surface area contributed by atoms with Crippen molar-refractivity contribution < 1.29 is 19.4 Å². The average Bonchev–Trinajstić information content (AvgIpc) is 2.59. The number of ether oxygens (including phenoxy) is 2. The zero-order valence-electron chi connectivity index (χ0n) is 14.3. The first-order valence-electron chi connectivity index (χ1n) is 8.38. The molecule has 0 amide bonds. The summed E-state index contributed by atoms with van der Waals surface area (Å²) in [4.78, 5) is 14.0. The molecule has 1 aromatic carbocycles. The molecule has 1 aliphatic carbocycles. The molecule has 5 nitrogen and oxygen atoms in total. The van der Waals surface area contributed by atoms with Crippen molar-refractivity contribution in [3.63, 3.8) is 0 Å². The first-order valence-corrected chi connectivity index (χ1v) is 8.38. The van der Waals surface area contributed by atoms with E-state index in [2.05, 4.69) is 11.8 Å². The monoisotopic (exact) mass is 321 g/mol. The Morgan fingerprint density at radius 3 is 2.43 bits per heavy atom. The van der Waals surface area contributed by atoms with Crippen molar-refractivity contribution in [3.05, 3.63) is 17.7 Å². The topological polar surface area (TPSA) is 59.0 Å². The fourth-order valence-corrected chi connectivity index (χ4v) is 3.48. The Morgan fingerprint density at radius 1 is 1.22 bits per heavy atom. The van der Waals surface area contributed by atoms with E-state index < -0.39 is 5.97 Å². The van der Waals surface area contributed by atoms with Crippen molar-refractivity contribution in [1.82, 2.24) is 0 Å². The van der Waals surface area contributed by atoms with Crippen LogP contribution >= 0.6 is 0 Å². The summed E-state index contributed by atoms with van der Waals surface area (Å²) in [7, 11) is 3.14. The van der Waals surface area contributed by atoms with Gasteiger partial charge in [-0.3, -0.25) is 0 Å². The second kappa shape index (κ2) is 8.09. The number of methoxy groups -OCH3 is 2. The molecular weight excluding hydrogens is 294 g/mol. The highest BCUT2D eigenvalue weighted by molar-refractivity contribution is 5.97. The summed E-state index contributed by atoms with van der Waals surface area (Å²) in [5.74, 6) is 0.161. The number of benzene rings is 1. The minimum Gasteiger partial charge on any atom is -0.493 e. The number of carboxylic acid groups (broad SMARTS) is 1. The van der Waals surface area contributed by atoms with Crippen LogP contribution in [0.2, 0.25) is 0 Å². The summed E-state index contributed by atoms with van der Waals surface area (Å²) in [5.41, 5.74) is 0.940. The van der Waals surface area contributed by atoms with Gasteiger partial charge in [0.2, 0.25) is 0 Å². The van der Waals surface area contributed by atoms with Crippen molar-refractivity contribution >= 4 is 11.7 Å². The number of nitrogens with zero attached hydrogens (tertiary/aromatic N) is 1. The minimum atomic E-state index is -0.933. The van der Waals surface area contributed by atoms with E-state index in [0.29, 0.717) is 23.2 Å². The van der Waals surface area contributed by atoms with Crippen LogP contribution in [0.4, 0.5) is 5.69 Å². The van der Waals surface area contributed by atoms with E-state index >= 15 is 0 Å². The average molecular weight is 321 g/mol. The van der Waals surface area contributed by atoms with Crippen LogP contribution in [0.15, 0.2) is 12.1 Å². The maximum atomic E-state index is 11.8. The molecule has 0 aliphatic heterocycles. The van der Waals surface area contributed by atoms with Crippen LogP contribution in [0.3, 0.4) is 0 Å².